The van der Waals surface area contributed by atoms with Crippen molar-refractivity contribution in [3.8, 4) is 0 Å². The van der Waals surface area contributed by atoms with Gasteiger partial charge in [-0.2, -0.15) is 8.78 Å². The third-order valence-corrected chi connectivity index (χ3v) is 3.66. The molecule has 0 amide bonds. The second-order valence-corrected chi connectivity index (χ2v) is 4.94. The maximum atomic E-state index is 12.8. The SMILES string of the molecule is O=S1(=O)CC(F)(C(F)F)C(F)(F)C1F. The van der Waals surface area contributed by atoms with Crippen molar-refractivity contribution in [2.75, 3.05) is 5.75 Å². The summed E-state index contributed by atoms with van der Waals surface area (Å²) >= 11 is 0. The summed E-state index contributed by atoms with van der Waals surface area (Å²) in [6.07, 6.45) is -4.26. The van der Waals surface area contributed by atoms with Gasteiger partial charge in [-0.05, 0) is 0 Å². The molecule has 0 aromatic heterocycles. The minimum absolute atomic E-state index is 2.20. The topological polar surface area (TPSA) is 34.1 Å². The first-order valence-corrected chi connectivity index (χ1v) is 4.98. The van der Waals surface area contributed by atoms with E-state index in [2.05, 4.69) is 0 Å². The number of hydrogen-bond donors (Lipinski definition) is 0. The molecular formula is C5H4F6O2S. The zero-order valence-electron chi connectivity index (χ0n) is 6.35. The monoisotopic (exact) mass is 242 g/mol. The number of hydrogen-bond acceptors (Lipinski definition) is 2. The molecule has 0 aliphatic carbocycles. The Morgan fingerprint density at radius 2 is 1.64 bits per heavy atom. The largest absolute Gasteiger partial charge is 0.332 e. The summed E-state index contributed by atoms with van der Waals surface area (Å²) in [7, 11) is -5.16. The van der Waals surface area contributed by atoms with Crippen molar-refractivity contribution in [3.63, 3.8) is 0 Å². The molecule has 0 radical (unpaired) electrons. The summed E-state index contributed by atoms with van der Waals surface area (Å²) in [5.74, 6) is -7.41. The smallest absolute Gasteiger partial charge is 0.229 e. The van der Waals surface area contributed by atoms with E-state index >= 15 is 0 Å². The summed E-state index contributed by atoms with van der Waals surface area (Å²) < 4.78 is 94.9. The van der Waals surface area contributed by atoms with Gasteiger partial charge >= 0.3 is 5.92 Å². The Hall–Kier alpha value is -0.470. The molecule has 0 bridgehead atoms. The van der Waals surface area contributed by atoms with Crippen molar-refractivity contribution in [1.82, 2.24) is 0 Å². The van der Waals surface area contributed by atoms with Gasteiger partial charge in [0.2, 0.25) is 0 Å². The molecule has 2 atom stereocenters. The maximum Gasteiger partial charge on any atom is 0.332 e. The van der Waals surface area contributed by atoms with E-state index in [4.69, 9.17) is 0 Å². The lowest BCUT2D eigenvalue weighted by Gasteiger charge is -2.24. The van der Waals surface area contributed by atoms with Gasteiger partial charge in [0.15, 0.2) is 9.84 Å². The summed E-state index contributed by atoms with van der Waals surface area (Å²) in [6.45, 7) is 0. The minimum atomic E-state index is -5.21. The Balaban J connectivity index is 3.28. The molecule has 0 N–H and O–H groups in total. The quantitative estimate of drug-likeness (QED) is 0.650. The molecule has 1 saturated heterocycles. The summed E-state index contributed by atoms with van der Waals surface area (Å²) in [4.78, 5) is 0. The molecular weight excluding hydrogens is 238 g/mol. The van der Waals surface area contributed by atoms with Crippen LogP contribution in [-0.4, -0.2) is 37.7 Å². The second kappa shape index (κ2) is 2.77. The van der Waals surface area contributed by atoms with E-state index in [1.54, 1.807) is 0 Å². The molecule has 1 aliphatic heterocycles. The summed E-state index contributed by atoms with van der Waals surface area (Å²) in [6, 6.07) is 0. The van der Waals surface area contributed by atoms with Crippen LogP contribution in [0.3, 0.4) is 0 Å². The van der Waals surface area contributed by atoms with Crippen LogP contribution >= 0.6 is 0 Å². The molecule has 1 aliphatic rings. The first-order valence-electron chi connectivity index (χ1n) is 3.26. The average molecular weight is 242 g/mol. The van der Waals surface area contributed by atoms with Crippen LogP contribution in [0.4, 0.5) is 26.3 Å². The maximum absolute atomic E-state index is 12.8. The number of alkyl halides is 6. The molecule has 2 nitrogen and oxygen atoms in total. The first kappa shape index (κ1) is 11.6. The zero-order chi connectivity index (χ0) is 11.4. The fourth-order valence-electron chi connectivity index (χ4n) is 1.08. The van der Waals surface area contributed by atoms with Crippen molar-refractivity contribution in [2.45, 2.75) is 23.5 Å². The normalized spacial score (nSPS) is 40.4. The highest BCUT2D eigenvalue weighted by atomic mass is 32.2. The van der Waals surface area contributed by atoms with E-state index in [-0.39, 0.29) is 0 Å². The van der Waals surface area contributed by atoms with Crippen molar-refractivity contribution < 1.29 is 34.8 Å². The van der Waals surface area contributed by atoms with Gasteiger partial charge < -0.3 is 0 Å². The van der Waals surface area contributed by atoms with Gasteiger partial charge in [-0.1, -0.05) is 0 Å². The van der Waals surface area contributed by atoms with Crippen LogP contribution in [-0.2, 0) is 9.84 Å². The highest BCUT2D eigenvalue weighted by Gasteiger charge is 2.76. The Kier molecular flexibility index (Phi) is 2.29. The molecule has 0 aromatic rings. The fourth-order valence-corrected chi connectivity index (χ4v) is 2.78. The highest BCUT2D eigenvalue weighted by Crippen LogP contribution is 2.49. The molecule has 84 valence electrons. The number of rotatable bonds is 1. The molecule has 2 unspecified atom stereocenters. The van der Waals surface area contributed by atoms with Crippen LogP contribution in [0.2, 0.25) is 0 Å². The Bertz CT molecular complexity index is 338. The van der Waals surface area contributed by atoms with E-state index in [0.717, 1.165) is 0 Å². The third kappa shape index (κ3) is 1.21. The standard InChI is InChI=1S/C5H4F6O2S/c6-2(7)4(9)1-14(12,13)3(8)5(4,10)11/h2-3H,1H2. The second-order valence-electron chi connectivity index (χ2n) is 2.91. The Labute approximate surface area is 74.8 Å². The van der Waals surface area contributed by atoms with Gasteiger partial charge in [-0.3, -0.25) is 0 Å². The van der Waals surface area contributed by atoms with Gasteiger partial charge in [0.1, 0.15) is 0 Å². The van der Waals surface area contributed by atoms with E-state index < -0.39 is 39.1 Å². The lowest BCUT2D eigenvalue weighted by atomic mass is 10.0. The van der Waals surface area contributed by atoms with E-state index in [1.807, 2.05) is 0 Å². The lowest BCUT2D eigenvalue weighted by molar-refractivity contribution is -0.191. The first-order chi connectivity index (χ1) is 6.06. The Morgan fingerprint density at radius 1 is 1.21 bits per heavy atom. The van der Waals surface area contributed by atoms with Crippen LogP contribution in [0.1, 0.15) is 0 Å². The average Bonchev–Trinajstić information content (AvgIpc) is 2.11. The molecule has 0 saturated carbocycles. The predicted octanol–water partition coefficient (Wildman–Crippen LogP) is 1.32. The molecule has 0 aromatic carbocycles. The van der Waals surface area contributed by atoms with Gasteiger partial charge in [-0.15, -0.1) is 0 Å². The molecule has 0 spiro atoms. The van der Waals surface area contributed by atoms with Crippen LogP contribution in [0.5, 0.6) is 0 Å². The van der Waals surface area contributed by atoms with Crippen LogP contribution in [0.25, 0.3) is 0 Å². The van der Waals surface area contributed by atoms with Gasteiger partial charge in [0.05, 0.1) is 5.75 Å². The van der Waals surface area contributed by atoms with Gasteiger partial charge in [0.25, 0.3) is 17.6 Å². The zero-order valence-corrected chi connectivity index (χ0v) is 7.17. The molecule has 1 rings (SSSR count). The summed E-state index contributed by atoms with van der Waals surface area (Å²) in [5.41, 5.74) is -8.54. The number of sulfone groups is 1. The van der Waals surface area contributed by atoms with Crippen molar-refractivity contribution in [2.24, 2.45) is 0 Å². The predicted molar refractivity (Wildman–Crippen MR) is 33.5 cm³/mol. The highest BCUT2D eigenvalue weighted by molar-refractivity contribution is 7.92. The van der Waals surface area contributed by atoms with E-state index in [1.165, 1.54) is 0 Å². The third-order valence-electron chi connectivity index (χ3n) is 1.91. The van der Waals surface area contributed by atoms with Gasteiger partial charge in [-0.25, -0.2) is 26.0 Å². The number of halogens is 6. The van der Waals surface area contributed by atoms with Crippen LogP contribution in [0.15, 0.2) is 0 Å². The lowest BCUT2D eigenvalue weighted by Crippen LogP contribution is -2.50. The van der Waals surface area contributed by atoms with E-state index in [9.17, 15) is 34.8 Å². The van der Waals surface area contributed by atoms with E-state index in [0.29, 0.717) is 0 Å². The van der Waals surface area contributed by atoms with Crippen LogP contribution < -0.4 is 0 Å². The molecule has 14 heavy (non-hydrogen) atoms. The minimum Gasteiger partial charge on any atom is -0.229 e. The molecule has 9 heteroatoms. The van der Waals surface area contributed by atoms with Crippen LogP contribution in [0, 0.1) is 0 Å². The Morgan fingerprint density at radius 3 is 1.79 bits per heavy atom. The van der Waals surface area contributed by atoms with Crippen molar-refractivity contribution >= 4 is 9.84 Å². The van der Waals surface area contributed by atoms with Gasteiger partial charge in [0, 0.05) is 0 Å². The summed E-state index contributed by atoms with van der Waals surface area (Å²) in [5, 5.41) is 0. The molecule has 1 heterocycles. The fraction of sp³-hybridized carbons (Fsp3) is 1.00. The molecule has 1 fully saturated rings. The van der Waals surface area contributed by atoms with Crippen molar-refractivity contribution in [1.29, 1.82) is 0 Å². The van der Waals surface area contributed by atoms with Crippen molar-refractivity contribution in [3.05, 3.63) is 0 Å².